The molecule has 1 saturated carbocycles. The van der Waals surface area contributed by atoms with Gasteiger partial charge in [-0.3, -0.25) is 0 Å². The van der Waals surface area contributed by atoms with Crippen LogP contribution in [0.3, 0.4) is 0 Å². The van der Waals surface area contributed by atoms with Crippen molar-refractivity contribution in [3.05, 3.63) is 23.3 Å². The van der Waals surface area contributed by atoms with Crippen LogP contribution in [0.25, 0.3) is 0 Å². The fourth-order valence-corrected chi connectivity index (χ4v) is 1.58. The molecule has 1 fully saturated rings. The third-order valence-electron chi connectivity index (χ3n) is 3.04. The lowest BCUT2D eigenvalue weighted by atomic mass is 10.0. The summed E-state index contributed by atoms with van der Waals surface area (Å²) >= 11 is 0. The van der Waals surface area contributed by atoms with Gasteiger partial charge in [-0.1, -0.05) is 13.8 Å². The highest BCUT2D eigenvalue weighted by Gasteiger charge is 2.28. The smallest absolute Gasteiger partial charge is 0.354 e. The average molecular weight is 220 g/mol. The molecule has 1 heterocycles. The highest BCUT2D eigenvalue weighted by molar-refractivity contribution is 5.85. The van der Waals surface area contributed by atoms with Crippen molar-refractivity contribution >= 4 is 5.97 Å². The van der Waals surface area contributed by atoms with E-state index in [1.54, 1.807) is 6.07 Å². The molecule has 1 aliphatic rings. The molecule has 0 spiro atoms. The zero-order valence-electron chi connectivity index (χ0n) is 9.60. The highest BCUT2D eigenvalue weighted by atomic mass is 16.4. The van der Waals surface area contributed by atoms with Crippen molar-refractivity contribution in [2.24, 2.45) is 0 Å². The van der Waals surface area contributed by atoms with Crippen LogP contribution in [0.2, 0.25) is 0 Å². The van der Waals surface area contributed by atoms with Crippen LogP contribution in [0, 0.1) is 0 Å². The summed E-state index contributed by atoms with van der Waals surface area (Å²) < 4.78 is 0. The SMILES string of the molecule is CCC(C)c1cc(C(=O)O)nc(C2CC2)n1. The van der Waals surface area contributed by atoms with Gasteiger partial charge in [0.05, 0.1) is 0 Å². The molecule has 1 aromatic rings. The lowest BCUT2D eigenvalue weighted by Gasteiger charge is -2.10. The molecule has 86 valence electrons. The van der Waals surface area contributed by atoms with Crippen molar-refractivity contribution < 1.29 is 9.90 Å². The van der Waals surface area contributed by atoms with Crippen molar-refractivity contribution in [1.29, 1.82) is 0 Å². The molecule has 0 amide bonds. The second kappa shape index (κ2) is 4.20. The minimum Gasteiger partial charge on any atom is -0.477 e. The van der Waals surface area contributed by atoms with E-state index in [2.05, 4.69) is 23.8 Å². The number of hydrogen-bond donors (Lipinski definition) is 1. The Balaban J connectivity index is 2.40. The first-order chi connectivity index (χ1) is 7.61. The van der Waals surface area contributed by atoms with Crippen molar-refractivity contribution in [3.63, 3.8) is 0 Å². The summed E-state index contributed by atoms with van der Waals surface area (Å²) in [5, 5.41) is 9.00. The third-order valence-corrected chi connectivity index (χ3v) is 3.04. The average Bonchev–Trinajstić information content (AvgIpc) is 3.11. The molecule has 4 nitrogen and oxygen atoms in total. The summed E-state index contributed by atoms with van der Waals surface area (Å²) in [7, 11) is 0. The number of aromatic carboxylic acids is 1. The molecule has 0 radical (unpaired) electrons. The summed E-state index contributed by atoms with van der Waals surface area (Å²) in [4.78, 5) is 19.5. The number of carbonyl (C=O) groups is 1. The number of rotatable bonds is 4. The number of carboxylic acids is 1. The minimum atomic E-state index is -0.964. The highest BCUT2D eigenvalue weighted by Crippen LogP contribution is 2.38. The fraction of sp³-hybridized carbons (Fsp3) is 0.583. The summed E-state index contributed by atoms with van der Waals surface area (Å²) in [6.07, 6.45) is 3.13. The topological polar surface area (TPSA) is 63.1 Å². The zero-order chi connectivity index (χ0) is 11.7. The number of aromatic nitrogens is 2. The molecule has 0 saturated heterocycles. The van der Waals surface area contributed by atoms with Crippen molar-refractivity contribution in [1.82, 2.24) is 9.97 Å². The Bertz CT molecular complexity index is 413. The van der Waals surface area contributed by atoms with Gasteiger partial charge in [-0.2, -0.15) is 0 Å². The van der Waals surface area contributed by atoms with Gasteiger partial charge in [0.1, 0.15) is 5.82 Å². The van der Waals surface area contributed by atoms with Gasteiger partial charge in [0.15, 0.2) is 5.69 Å². The molecule has 1 aliphatic carbocycles. The second-order valence-electron chi connectivity index (χ2n) is 4.42. The summed E-state index contributed by atoms with van der Waals surface area (Å²) in [5.74, 6) is 0.435. The summed E-state index contributed by atoms with van der Waals surface area (Å²) in [6.45, 7) is 4.13. The van der Waals surface area contributed by atoms with Crippen molar-refractivity contribution in [2.75, 3.05) is 0 Å². The summed E-state index contributed by atoms with van der Waals surface area (Å²) in [6, 6.07) is 1.60. The van der Waals surface area contributed by atoms with E-state index < -0.39 is 5.97 Å². The van der Waals surface area contributed by atoms with Crippen LogP contribution in [-0.2, 0) is 0 Å². The van der Waals surface area contributed by atoms with Crippen LogP contribution in [-0.4, -0.2) is 21.0 Å². The van der Waals surface area contributed by atoms with Crippen LogP contribution < -0.4 is 0 Å². The van der Waals surface area contributed by atoms with Gasteiger partial charge in [0.2, 0.25) is 0 Å². The summed E-state index contributed by atoms with van der Waals surface area (Å²) in [5.41, 5.74) is 0.990. The van der Waals surface area contributed by atoms with Gasteiger partial charge < -0.3 is 5.11 Å². The maximum atomic E-state index is 11.0. The molecule has 1 aromatic heterocycles. The van der Waals surface area contributed by atoms with E-state index in [-0.39, 0.29) is 5.69 Å². The number of hydrogen-bond acceptors (Lipinski definition) is 3. The van der Waals surface area contributed by atoms with Crippen molar-refractivity contribution in [2.45, 2.75) is 44.9 Å². The fourth-order valence-electron chi connectivity index (χ4n) is 1.58. The molecule has 16 heavy (non-hydrogen) atoms. The molecule has 1 N–H and O–H groups in total. The molecular weight excluding hydrogens is 204 g/mol. The van der Waals surface area contributed by atoms with Crippen LogP contribution in [0.15, 0.2) is 6.07 Å². The predicted molar refractivity (Wildman–Crippen MR) is 59.7 cm³/mol. The van der Waals surface area contributed by atoms with E-state index in [1.165, 1.54) is 0 Å². The van der Waals surface area contributed by atoms with E-state index in [0.29, 0.717) is 11.8 Å². The first-order valence-electron chi connectivity index (χ1n) is 5.74. The van der Waals surface area contributed by atoms with E-state index in [9.17, 15) is 4.79 Å². The molecule has 0 aromatic carbocycles. The Morgan fingerprint density at radius 2 is 2.25 bits per heavy atom. The lowest BCUT2D eigenvalue weighted by Crippen LogP contribution is -2.09. The van der Waals surface area contributed by atoms with Gasteiger partial charge in [-0.05, 0) is 31.2 Å². The Hall–Kier alpha value is -1.45. The first-order valence-corrected chi connectivity index (χ1v) is 5.74. The monoisotopic (exact) mass is 220 g/mol. The number of carboxylic acid groups (broad SMARTS) is 1. The Morgan fingerprint density at radius 1 is 1.56 bits per heavy atom. The quantitative estimate of drug-likeness (QED) is 0.847. The largest absolute Gasteiger partial charge is 0.477 e. The maximum Gasteiger partial charge on any atom is 0.354 e. The molecule has 4 heteroatoms. The van der Waals surface area contributed by atoms with Crippen LogP contribution in [0.5, 0.6) is 0 Å². The maximum absolute atomic E-state index is 11.0. The molecule has 0 aliphatic heterocycles. The third kappa shape index (κ3) is 2.21. The van der Waals surface area contributed by atoms with E-state index in [1.807, 2.05) is 0 Å². The van der Waals surface area contributed by atoms with E-state index in [4.69, 9.17) is 5.11 Å². The Kier molecular flexibility index (Phi) is 2.90. The van der Waals surface area contributed by atoms with Crippen LogP contribution >= 0.6 is 0 Å². The van der Waals surface area contributed by atoms with Crippen molar-refractivity contribution in [3.8, 4) is 0 Å². The Labute approximate surface area is 94.7 Å². The van der Waals surface area contributed by atoms with E-state index in [0.717, 1.165) is 30.8 Å². The second-order valence-corrected chi connectivity index (χ2v) is 4.42. The van der Waals surface area contributed by atoms with Gasteiger partial charge in [-0.15, -0.1) is 0 Å². The minimum absolute atomic E-state index is 0.132. The number of nitrogens with zero attached hydrogens (tertiary/aromatic N) is 2. The molecular formula is C12H16N2O2. The van der Waals surface area contributed by atoms with Crippen LogP contribution in [0.1, 0.15) is 67.0 Å². The van der Waals surface area contributed by atoms with Gasteiger partial charge in [0.25, 0.3) is 0 Å². The lowest BCUT2D eigenvalue weighted by molar-refractivity contribution is 0.0689. The van der Waals surface area contributed by atoms with Gasteiger partial charge in [-0.25, -0.2) is 14.8 Å². The first kappa shape index (κ1) is 11.0. The van der Waals surface area contributed by atoms with Crippen LogP contribution in [0.4, 0.5) is 0 Å². The van der Waals surface area contributed by atoms with Gasteiger partial charge >= 0.3 is 5.97 Å². The molecule has 0 bridgehead atoms. The molecule has 1 atom stereocenters. The van der Waals surface area contributed by atoms with E-state index >= 15 is 0 Å². The predicted octanol–water partition coefficient (Wildman–Crippen LogP) is 2.57. The molecule has 1 unspecified atom stereocenters. The normalized spacial score (nSPS) is 17.1. The Morgan fingerprint density at radius 3 is 2.75 bits per heavy atom. The zero-order valence-corrected chi connectivity index (χ0v) is 9.60. The standard InChI is InChI=1S/C12H16N2O2/c1-3-7(2)9-6-10(12(15)16)14-11(13-9)8-4-5-8/h6-8H,3-5H2,1-2H3,(H,15,16). The van der Waals surface area contributed by atoms with Gasteiger partial charge in [0, 0.05) is 11.6 Å². The molecule has 2 rings (SSSR count).